The summed E-state index contributed by atoms with van der Waals surface area (Å²) in [6.07, 6.45) is 0.268. The van der Waals surface area contributed by atoms with Crippen LogP contribution in [0.2, 0.25) is 0 Å². The molecule has 6 heteroatoms. The van der Waals surface area contributed by atoms with Crippen molar-refractivity contribution >= 4 is 27.8 Å². The lowest BCUT2D eigenvalue weighted by Crippen LogP contribution is -2.38. The van der Waals surface area contributed by atoms with Crippen LogP contribution < -0.4 is 4.90 Å². The van der Waals surface area contributed by atoms with Crippen LogP contribution in [0.3, 0.4) is 0 Å². The van der Waals surface area contributed by atoms with E-state index in [-0.39, 0.29) is 0 Å². The Labute approximate surface area is 154 Å². The third-order valence-electron chi connectivity index (χ3n) is 4.72. The molecule has 2 aromatic carbocycles. The number of β-amino-alcohol motifs (C(OH)–C–C–N with tert-alkyl or cyclic N) is 1. The Balaban J connectivity index is 1.53. The summed E-state index contributed by atoms with van der Waals surface area (Å²) in [5.41, 5.74) is 2.31. The standard InChI is InChI=1S/C20H17N3O2S/c24-15-10-14-8-7-13-4-1-2-5-16(13)19(14)23(11-15)12-18-21-20(22-25-18)17-6-3-9-26-17/h1-9,15,24H,10-12H2. The van der Waals surface area contributed by atoms with Crippen LogP contribution in [0.5, 0.6) is 0 Å². The molecule has 130 valence electrons. The first-order valence-electron chi connectivity index (χ1n) is 8.58. The maximum absolute atomic E-state index is 10.3. The van der Waals surface area contributed by atoms with E-state index in [1.54, 1.807) is 11.3 Å². The molecule has 0 saturated carbocycles. The molecule has 0 spiro atoms. The Bertz CT molecular complexity index is 1060. The molecule has 1 aliphatic rings. The van der Waals surface area contributed by atoms with Crippen molar-refractivity contribution in [1.29, 1.82) is 0 Å². The van der Waals surface area contributed by atoms with Crippen LogP contribution in [0.15, 0.2) is 58.4 Å². The van der Waals surface area contributed by atoms with Crippen LogP contribution >= 0.6 is 11.3 Å². The van der Waals surface area contributed by atoms with Crippen molar-refractivity contribution < 1.29 is 9.63 Å². The Morgan fingerprint density at radius 1 is 1.15 bits per heavy atom. The van der Waals surface area contributed by atoms with Crippen LogP contribution in [-0.2, 0) is 13.0 Å². The van der Waals surface area contributed by atoms with Gasteiger partial charge in [-0.25, -0.2) is 0 Å². The summed E-state index contributed by atoms with van der Waals surface area (Å²) >= 11 is 1.59. The molecular formula is C20H17N3O2S. The molecule has 0 aliphatic carbocycles. The van der Waals surface area contributed by atoms with Gasteiger partial charge in [-0.2, -0.15) is 4.98 Å². The van der Waals surface area contributed by atoms with Gasteiger partial charge in [-0.05, 0) is 22.4 Å². The van der Waals surface area contributed by atoms with Gasteiger partial charge in [0.25, 0.3) is 0 Å². The first-order chi connectivity index (χ1) is 12.8. The number of aromatic nitrogens is 2. The molecule has 0 amide bonds. The molecule has 3 heterocycles. The van der Waals surface area contributed by atoms with Gasteiger partial charge in [-0.15, -0.1) is 11.3 Å². The molecule has 5 nitrogen and oxygen atoms in total. The number of aliphatic hydroxyl groups excluding tert-OH is 1. The molecule has 1 unspecified atom stereocenters. The monoisotopic (exact) mass is 363 g/mol. The number of thiophene rings is 1. The van der Waals surface area contributed by atoms with Gasteiger partial charge in [0.1, 0.15) is 0 Å². The smallest absolute Gasteiger partial charge is 0.246 e. The van der Waals surface area contributed by atoms with E-state index in [2.05, 4.69) is 39.3 Å². The summed E-state index contributed by atoms with van der Waals surface area (Å²) in [6.45, 7) is 1.04. The van der Waals surface area contributed by atoms with Crippen molar-refractivity contribution in [3.05, 3.63) is 65.4 Å². The number of fused-ring (bicyclic) bond motifs is 3. The minimum atomic E-state index is -0.400. The van der Waals surface area contributed by atoms with E-state index in [0.717, 1.165) is 16.1 Å². The summed E-state index contributed by atoms with van der Waals surface area (Å²) < 4.78 is 5.48. The molecule has 0 fully saturated rings. The second kappa shape index (κ2) is 6.23. The van der Waals surface area contributed by atoms with E-state index < -0.39 is 6.10 Å². The largest absolute Gasteiger partial charge is 0.391 e. The zero-order valence-electron chi connectivity index (χ0n) is 14.0. The molecule has 0 radical (unpaired) electrons. The molecule has 5 rings (SSSR count). The van der Waals surface area contributed by atoms with E-state index in [4.69, 9.17) is 4.52 Å². The van der Waals surface area contributed by atoms with Gasteiger partial charge >= 0.3 is 0 Å². The average Bonchev–Trinajstić information content (AvgIpc) is 3.32. The molecule has 26 heavy (non-hydrogen) atoms. The number of anilines is 1. The molecule has 1 N–H and O–H groups in total. The highest BCUT2D eigenvalue weighted by molar-refractivity contribution is 7.13. The molecule has 0 saturated heterocycles. The Morgan fingerprint density at radius 3 is 2.96 bits per heavy atom. The highest BCUT2D eigenvalue weighted by Gasteiger charge is 2.26. The number of hydrogen-bond donors (Lipinski definition) is 1. The zero-order chi connectivity index (χ0) is 17.5. The van der Waals surface area contributed by atoms with Crippen molar-refractivity contribution in [1.82, 2.24) is 10.1 Å². The van der Waals surface area contributed by atoms with Gasteiger partial charge in [0.2, 0.25) is 11.7 Å². The summed E-state index contributed by atoms with van der Waals surface area (Å²) in [7, 11) is 0. The second-order valence-electron chi connectivity index (χ2n) is 6.52. The fourth-order valence-corrected chi connectivity index (χ4v) is 4.28. The highest BCUT2D eigenvalue weighted by Crippen LogP contribution is 2.36. The van der Waals surface area contributed by atoms with Crippen LogP contribution in [0.1, 0.15) is 11.5 Å². The number of nitrogens with zero attached hydrogens (tertiary/aromatic N) is 3. The third-order valence-corrected chi connectivity index (χ3v) is 5.59. The van der Waals surface area contributed by atoms with Crippen molar-refractivity contribution in [2.75, 3.05) is 11.4 Å². The first kappa shape index (κ1) is 15.5. The van der Waals surface area contributed by atoms with Crippen molar-refractivity contribution in [2.24, 2.45) is 0 Å². The molecule has 2 aromatic heterocycles. The Morgan fingerprint density at radius 2 is 2.08 bits per heavy atom. The van der Waals surface area contributed by atoms with E-state index >= 15 is 0 Å². The lowest BCUT2D eigenvalue weighted by atomic mass is 9.95. The summed E-state index contributed by atoms with van der Waals surface area (Å²) in [4.78, 5) is 7.67. The minimum Gasteiger partial charge on any atom is -0.391 e. The lowest BCUT2D eigenvalue weighted by molar-refractivity contribution is 0.174. The third kappa shape index (κ3) is 2.67. The quantitative estimate of drug-likeness (QED) is 0.599. The van der Waals surface area contributed by atoms with E-state index in [1.165, 1.54) is 10.8 Å². The first-order valence-corrected chi connectivity index (χ1v) is 9.46. The number of rotatable bonds is 3. The molecule has 4 aromatic rings. The van der Waals surface area contributed by atoms with Gasteiger partial charge in [0.05, 0.1) is 17.5 Å². The topological polar surface area (TPSA) is 62.4 Å². The molecule has 1 atom stereocenters. The van der Waals surface area contributed by atoms with Gasteiger partial charge in [0.15, 0.2) is 0 Å². The molecular weight excluding hydrogens is 346 g/mol. The highest BCUT2D eigenvalue weighted by atomic mass is 32.1. The summed E-state index contributed by atoms with van der Waals surface area (Å²) in [5.74, 6) is 1.17. The SMILES string of the molecule is OC1Cc2ccc3ccccc3c2N(Cc2nc(-c3cccs3)no2)C1. The fourth-order valence-electron chi connectivity index (χ4n) is 3.63. The molecule has 0 bridgehead atoms. The lowest BCUT2D eigenvalue weighted by Gasteiger charge is -2.34. The summed E-state index contributed by atoms with van der Waals surface area (Å²) in [6, 6.07) is 16.5. The Hall–Kier alpha value is -2.70. The normalized spacial score (nSPS) is 16.8. The van der Waals surface area contributed by atoms with Gasteiger partial charge in [0, 0.05) is 24.0 Å². The maximum atomic E-state index is 10.3. The number of benzene rings is 2. The zero-order valence-corrected chi connectivity index (χ0v) is 14.8. The van der Waals surface area contributed by atoms with E-state index in [1.807, 2.05) is 29.6 Å². The molecule has 1 aliphatic heterocycles. The van der Waals surface area contributed by atoms with Crippen molar-refractivity contribution in [2.45, 2.75) is 19.1 Å². The number of hydrogen-bond acceptors (Lipinski definition) is 6. The predicted octanol–water partition coefficient (Wildman–Crippen LogP) is 3.87. The second-order valence-corrected chi connectivity index (χ2v) is 7.47. The average molecular weight is 363 g/mol. The fraction of sp³-hybridized carbons (Fsp3) is 0.200. The van der Waals surface area contributed by atoms with Crippen LogP contribution in [0.4, 0.5) is 5.69 Å². The van der Waals surface area contributed by atoms with E-state index in [9.17, 15) is 5.11 Å². The van der Waals surface area contributed by atoms with Crippen LogP contribution in [0, 0.1) is 0 Å². The van der Waals surface area contributed by atoms with Crippen molar-refractivity contribution in [3.8, 4) is 10.7 Å². The summed E-state index contributed by atoms with van der Waals surface area (Å²) in [5, 5.41) is 18.8. The predicted molar refractivity (Wildman–Crippen MR) is 102 cm³/mol. The van der Waals surface area contributed by atoms with E-state index in [0.29, 0.717) is 31.2 Å². The van der Waals surface area contributed by atoms with Gasteiger partial charge in [-0.3, -0.25) is 0 Å². The van der Waals surface area contributed by atoms with Crippen LogP contribution in [-0.4, -0.2) is 27.9 Å². The Kier molecular flexibility index (Phi) is 3.72. The number of aliphatic hydroxyl groups is 1. The van der Waals surface area contributed by atoms with Gasteiger partial charge in [-0.1, -0.05) is 47.6 Å². The van der Waals surface area contributed by atoms with Gasteiger partial charge < -0.3 is 14.5 Å². The van der Waals surface area contributed by atoms with Crippen molar-refractivity contribution in [3.63, 3.8) is 0 Å². The maximum Gasteiger partial charge on any atom is 0.246 e. The minimum absolute atomic E-state index is 0.400. The van der Waals surface area contributed by atoms with Crippen LogP contribution in [0.25, 0.3) is 21.5 Å².